The van der Waals surface area contributed by atoms with E-state index in [2.05, 4.69) is 18.8 Å². The second kappa shape index (κ2) is 6.33. The zero-order valence-electron chi connectivity index (χ0n) is 7.09. The van der Waals surface area contributed by atoms with Crippen molar-refractivity contribution in [1.82, 2.24) is 4.98 Å². The average Bonchev–Trinajstić information content (AvgIpc) is 2.40. The Labute approximate surface area is 62.9 Å². The second-order valence-electron chi connectivity index (χ2n) is 2.28. The molecule has 1 N–H and O–H groups in total. The quantitative estimate of drug-likeness (QED) is 0.574. The minimum absolute atomic E-state index is 1.32. The van der Waals surface area contributed by atoms with E-state index < -0.39 is 0 Å². The van der Waals surface area contributed by atoms with Gasteiger partial charge in [0.05, 0.1) is 7.05 Å². The molecule has 0 fully saturated rings. The number of nitrogens with zero attached hydrogens (tertiary/aromatic N) is 1. The molecule has 2 heteroatoms. The van der Waals surface area contributed by atoms with Crippen LogP contribution in [-0.4, -0.2) is 4.98 Å². The summed E-state index contributed by atoms with van der Waals surface area (Å²) in [5, 5.41) is 0. The number of aromatic amines is 1. The number of rotatable bonds is 1. The van der Waals surface area contributed by atoms with Crippen molar-refractivity contribution in [3.8, 4) is 0 Å². The molecular weight excluding hydrogens is 124 g/mol. The molecule has 2 nitrogen and oxygen atoms in total. The molecule has 0 amide bonds. The van der Waals surface area contributed by atoms with Crippen molar-refractivity contribution < 1.29 is 4.57 Å². The lowest BCUT2D eigenvalue weighted by atomic mass is 10.4. The van der Waals surface area contributed by atoms with Crippen LogP contribution in [0.1, 0.15) is 26.7 Å². The average molecular weight is 141 g/mol. The smallest absolute Gasteiger partial charge is 0.241 e. The molecule has 10 heavy (non-hydrogen) atoms. The fraction of sp³-hybridized carbons (Fsp3) is 0.625. The van der Waals surface area contributed by atoms with Crippen molar-refractivity contribution in [2.75, 3.05) is 0 Å². The fourth-order valence-corrected chi connectivity index (χ4v) is 0.364. The van der Waals surface area contributed by atoms with Gasteiger partial charge in [0.1, 0.15) is 12.4 Å². The Morgan fingerprint density at radius 3 is 2.00 bits per heavy atom. The summed E-state index contributed by atoms with van der Waals surface area (Å²) in [4.78, 5) is 2.89. The summed E-state index contributed by atoms with van der Waals surface area (Å²) < 4.78 is 1.94. The zero-order valence-corrected chi connectivity index (χ0v) is 7.09. The molecule has 0 saturated heterocycles. The molecule has 1 rings (SSSR count). The summed E-state index contributed by atoms with van der Waals surface area (Å²) in [5.74, 6) is 0. The van der Waals surface area contributed by atoms with Crippen LogP contribution < -0.4 is 4.57 Å². The van der Waals surface area contributed by atoms with Crippen LogP contribution in [0, 0.1) is 0 Å². The van der Waals surface area contributed by atoms with E-state index in [1.54, 1.807) is 0 Å². The van der Waals surface area contributed by atoms with Gasteiger partial charge in [-0.05, 0) is 0 Å². The molecule has 0 saturated carbocycles. The van der Waals surface area contributed by atoms with Crippen LogP contribution in [0.4, 0.5) is 0 Å². The molecule has 0 radical (unpaired) electrons. The summed E-state index contributed by atoms with van der Waals surface area (Å²) in [7, 11) is 1.97. The van der Waals surface area contributed by atoms with E-state index in [-0.39, 0.29) is 0 Å². The van der Waals surface area contributed by atoms with Crippen molar-refractivity contribution in [3.63, 3.8) is 0 Å². The Hall–Kier alpha value is -0.790. The number of aromatic nitrogens is 2. The Morgan fingerprint density at radius 1 is 1.30 bits per heavy atom. The summed E-state index contributed by atoms with van der Waals surface area (Å²) in [6.07, 6.45) is 8.33. The normalized spacial score (nSPS) is 8.30. The monoisotopic (exact) mass is 141 g/mol. The largest absolute Gasteiger partial charge is 0.250 e. The highest BCUT2D eigenvalue weighted by atomic mass is 15.0. The topological polar surface area (TPSA) is 19.7 Å². The SMILES string of the molecule is CCCC.C[n+]1cc[nH]c1. The van der Waals surface area contributed by atoms with Crippen LogP contribution in [-0.2, 0) is 7.05 Å². The van der Waals surface area contributed by atoms with Crippen LogP contribution >= 0.6 is 0 Å². The lowest BCUT2D eigenvalue weighted by Crippen LogP contribution is -2.22. The number of H-pyrrole nitrogens is 1. The summed E-state index contributed by atoms with van der Waals surface area (Å²) in [5.41, 5.74) is 0. The first-order valence-corrected chi connectivity index (χ1v) is 3.79. The van der Waals surface area contributed by atoms with Crippen molar-refractivity contribution in [2.45, 2.75) is 26.7 Å². The van der Waals surface area contributed by atoms with Gasteiger partial charge in [0, 0.05) is 0 Å². The van der Waals surface area contributed by atoms with Gasteiger partial charge in [-0.25, -0.2) is 4.57 Å². The lowest BCUT2D eigenvalue weighted by Gasteiger charge is -1.68. The van der Waals surface area contributed by atoms with Crippen molar-refractivity contribution >= 4 is 0 Å². The Kier molecular flexibility index (Phi) is 5.83. The number of unbranched alkanes of at least 4 members (excludes halogenated alkanes) is 1. The van der Waals surface area contributed by atoms with Gasteiger partial charge in [0.15, 0.2) is 0 Å². The van der Waals surface area contributed by atoms with E-state index in [1.165, 1.54) is 12.8 Å². The number of aryl methyl sites for hydroxylation is 1. The highest BCUT2D eigenvalue weighted by Gasteiger charge is 1.78. The molecule has 58 valence electrons. The predicted molar refractivity (Wildman–Crippen MR) is 42.6 cm³/mol. The molecule has 0 bridgehead atoms. The van der Waals surface area contributed by atoms with Gasteiger partial charge in [-0.3, -0.25) is 4.98 Å². The highest BCUT2D eigenvalue weighted by Crippen LogP contribution is 1.76. The first-order valence-electron chi connectivity index (χ1n) is 3.79. The number of hydrogen-bond donors (Lipinski definition) is 1. The van der Waals surface area contributed by atoms with Crippen LogP contribution in [0.15, 0.2) is 18.7 Å². The molecule has 1 aromatic heterocycles. The zero-order chi connectivity index (χ0) is 7.82. The third-order valence-electron chi connectivity index (χ3n) is 1.18. The molecule has 0 unspecified atom stereocenters. The van der Waals surface area contributed by atoms with E-state index in [9.17, 15) is 0 Å². The van der Waals surface area contributed by atoms with Crippen LogP contribution in [0.5, 0.6) is 0 Å². The van der Waals surface area contributed by atoms with Gasteiger partial charge in [0.25, 0.3) is 0 Å². The molecule has 0 aliphatic heterocycles. The van der Waals surface area contributed by atoms with Crippen LogP contribution in [0.2, 0.25) is 0 Å². The third-order valence-corrected chi connectivity index (χ3v) is 1.18. The molecule has 1 aromatic rings. The van der Waals surface area contributed by atoms with Gasteiger partial charge in [-0.15, -0.1) is 0 Å². The fourth-order valence-electron chi connectivity index (χ4n) is 0.364. The third kappa shape index (κ3) is 5.35. The molecule has 0 spiro atoms. The molecule has 0 aliphatic carbocycles. The second-order valence-corrected chi connectivity index (χ2v) is 2.28. The maximum absolute atomic E-state index is 2.89. The molecule has 0 aliphatic rings. The molecule has 0 aromatic carbocycles. The lowest BCUT2D eigenvalue weighted by molar-refractivity contribution is -0.670. The number of hydrogen-bond acceptors (Lipinski definition) is 0. The van der Waals surface area contributed by atoms with Gasteiger partial charge in [0.2, 0.25) is 6.33 Å². The Balaban J connectivity index is 0.000000180. The van der Waals surface area contributed by atoms with Crippen molar-refractivity contribution in [2.24, 2.45) is 7.05 Å². The standard InChI is InChI=1S/C4H6N2.C4H10/c1-6-3-2-5-4-6;1-3-4-2/h2-4H,1H3;3-4H2,1-2H3/p+1. The minimum Gasteiger partial charge on any atom is -0.250 e. The summed E-state index contributed by atoms with van der Waals surface area (Å²) in [6, 6.07) is 0. The Morgan fingerprint density at radius 2 is 1.90 bits per heavy atom. The van der Waals surface area contributed by atoms with Crippen molar-refractivity contribution in [3.05, 3.63) is 18.7 Å². The first-order chi connectivity index (χ1) is 4.81. The van der Waals surface area contributed by atoms with E-state index >= 15 is 0 Å². The van der Waals surface area contributed by atoms with E-state index in [4.69, 9.17) is 0 Å². The number of nitrogens with one attached hydrogen (secondary N) is 1. The van der Waals surface area contributed by atoms with E-state index in [0.717, 1.165) is 0 Å². The van der Waals surface area contributed by atoms with Gasteiger partial charge in [-0.1, -0.05) is 26.7 Å². The van der Waals surface area contributed by atoms with Gasteiger partial charge in [-0.2, -0.15) is 0 Å². The molecule has 0 atom stereocenters. The van der Waals surface area contributed by atoms with Crippen LogP contribution in [0.25, 0.3) is 0 Å². The van der Waals surface area contributed by atoms with E-state index in [0.29, 0.717) is 0 Å². The summed E-state index contributed by atoms with van der Waals surface area (Å²) >= 11 is 0. The molecule has 1 heterocycles. The van der Waals surface area contributed by atoms with Crippen LogP contribution in [0.3, 0.4) is 0 Å². The number of imidazole rings is 1. The van der Waals surface area contributed by atoms with Gasteiger partial charge < -0.3 is 0 Å². The molecular formula is C8H17N2+. The van der Waals surface area contributed by atoms with Crippen molar-refractivity contribution in [1.29, 1.82) is 0 Å². The van der Waals surface area contributed by atoms with E-state index in [1.807, 2.05) is 30.3 Å². The highest BCUT2D eigenvalue weighted by molar-refractivity contribution is 4.54. The minimum atomic E-state index is 1.32. The first kappa shape index (κ1) is 9.21. The maximum Gasteiger partial charge on any atom is 0.241 e. The maximum atomic E-state index is 2.89. The van der Waals surface area contributed by atoms with Gasteiger partial charge >= 0.3 is 0 Å². The Bertz CT molecular complexity index is 131. The predicted octanol–water partition coefficient (Wildman–Crippen LogP) is 1.65. The summed E-state index contributed by atoms with van der Waals surface area (Å²) in [6.45, 7) is 4.36.